The Morgan fingerprint density at radius 3 is 2.68 bits per heavy atom. The number of fused-ring (bicyclic) bond motifs is 1. The average Bonchev–Trinajstić information content (AvgIpc) is 3.01. The zero-order chi connectivity index (χ0) is 18.0. The first-order valence-electron chi connectivity index (χ1n) is 7.50. The van der Waals surface area contributed by atoms with Crippen molar-refractivity contribution in [3.63, 3.8) is 0 Å². The largest absolute Gasteiger partial charge is 0.490 e. The van der Waals surface area contributed by atoms with Crippen LogP contribution in [0.5, 0.6) is 5.75 Å². The first kappa shape index (κ1) is 16.7. The lowest BCUT2D eigenvalue weighted by Crippen LogP contribution is -2.36. The van der Waals surface area contributed by atoms with Crippen LogP contribution < -0.4 is 20.7 Å². The third-order valence-electron chi connectivity index (χ3n) is 3.77. The van der Waals surface area contributed by atoms with Crippen LogP contribution in [0.25, 0.3) is 0 Å². The van der Waals surface area contributed by atoms with E-state index in [-0.39, 0.29) is 29.9 Å². The lowest BCUT2D eigenvalue weighted by atomic mass is 10.0. The molecule has 6 nitrogen and oxygen atoms in total. The highest BCUT2D eigenvalue weighted by Gasteiger charge is 2.29. The standard InChI is InChI=1S/C17H15F2N3O3/c1-20-17(24)22-14-8-25-15-10(14)3-2-4-11(15)16(23)21-9-5-6-12(18)13(19)7-9/h2-7,14H,8H2,1H3,(H,21,23)(H2,20,22,24). The van der Waals surface area contributed by atoms with Crippen molar-refractivity contribution in [2.75, 3.05) is 19.0 Å². The zero-order valence-corrected chi connectivity index (χ0v) is 13.2. The number of ether oxygens (including phenoxy) is 1. The highest BCUT2D eigenvalue weighted by molar-refractivity contribution is 6.06. The van der Waals surface area contributed by atoms with Gasteiger partial charge in [0.15, 0.2) is 11.6 Å². The fourth-order valence-electron chi connectivity index (χ4n) is 2.55. The van der Waals surface area contributed by atoms with Crippen LogP contribution in [0.15, 0.2) is 36.4 Å². The predicted octanol–water partition coefficient (Wildman–Crippen LogP) is 2.58. The molecule has 0 fully saturated rings. The fourth-order valence-corrected chi connectivity index (χ4v) is 2.55. The summed E-state index contributed by atoms with van der Waals surface area (Å²) >= 11 is 0. The Kier molecular flexibility index (Phi) is 4.51. The summed E-state index contributed by atoms with van der Waals surface area (Å²) in [7, 11) is 1.50. The Bertz CT molecular complexity index is 842. The number of halogens is 2. The van der Waals surface area contributed by atoms with Gasteiger partial charge in [-0.1, -0.05) is 12.1 Å². The van der Waals surface area contributed by atoms with Gasteiger partial charge in [0.2, 0.25) is 0 Å². The van der Waals surface area contributed by atoms with E-state index in [1.54, 1.807) is 18.2 Å². The number of anilines is 1. The van der Waals surface area contributed by atoms with Gasteiger partial charge in [0.25, 0.3) is 5.91 Å². The summed E-state index contributed by atoms with van der Waals surface area (Å²) in [6.07, 6.45) is 0. The molecular weight excluding hydrogens is 332 g/mol. The highest BCUT2D eigenvalue weighted by atomic mass is 19.2. The molecule has 3 rings (SSSR count). The molecule has 3 amide bonds. The second-order valence-corrected chi connectivity index (χ2v) is 5.39. The topological polar surface area (TPSA) is 79.5 Å². The molecule has 8 heteroatoms. The summed E-state index contributed by atoms with van der Waals surface area (Å²) < 4.78 is 31.8. The number of amides is 3. The maximum atomic E-state index is 13.3. The fraction of sp³-hybridized carbons (Fsp3) is 0.176. The molecule has 0 aromatic heterocycles. The Morgan fingerprint density at radius 2 is 1.96 bits per heavy atom. The number of hydrogen-bond acceptors (Lipinski definition) is 3. The van der Waals surface area contributed by atoms with E-state index in [0.717, 1.165) is 12.1 Å². The van der Waals surface area contributed by atoms with Gasteiger partial charge in [0.05, 0.1) is 11.6 Å². The van der Waals surface area contributed by atoms with Crippen molar-refractivity contribution in [1.29, 1.82) is 0 Å². The van der Waals surface area contributed by atoms with Crippen LogP contribution in [0, 0.1) is 11.6 Å². The molecule has 0 aliphatic carbocycles. The van der Waals surface area contributed by atoms with Crippen LogP contribution in [-0.4, -0.2) is 25.6 Å². The van der Waals surface area contributed by atoms with Gasteiger partial charge in [-0.2, -0.15) is 0 Å². The second kappa shape index (κ2) is 6.76. The van der Waals surface area contributed by atoms with E-state index in [0.29, 0.717) is 11.3 Å². The maximum Gasteiger partial charge on any atom is 0.315 e. The highest BCUT2D eigenvalue weighted by Crippen LogP contribution is 2.35. The number of rotatable bonds is 3. The third kappa shape index (κ3) is 3.37. The maximum absolute atomic E-state index is 13.3. The molecule has 0 saturated carbocycles. The summed E-state index contributed by atoms with van der Waals surface area (Å²) in [6, 6.07) is 7.30. The minimum atomic E-state index is -1.05. The van der Waals surface area contributed by atoms with Crippen molar-refractivity contribution in [1.82, 2.24) is 10.6 Å². The summed E-state index contributed by atoms with van der Waals surface area (Å²) in [4.78, 5) is 23.9. The molecule has 1 heterocycles. The van der Waals surface area contributed by atoms with Gasteiger partial charge in [0.1, 0.15) is 12.4 Å². The van der Waals surface area contributed by atoms with E-state index in [1.807, 2.05) is 0 Å². The number of carbonyl (C=O) groups is 2. The Morgan fingerprint density at radius 1 is 1.16 bits per heavy atom. The number of nitrogens with one attached hydrogen (secondary N) is 3. The lowest BCUT2D eigenvalue weighted by molar-refractivity contribution is 0.102. The van der Waals surface area contributed by atoms with Crippen molar-refractivity contribution in [2.24, 2.45) is 0 Å². The predicted molar refractivity (Wildman–Crippen MR) is 86.6 cm³/mol. The minimum absolute atomic E-state index is 0.125. The quantitative estimate of drug-likeness (QED) is 0.798. The van der Waals surface area contributed by atoms with E-state index < -0.39 is 17.5 Å². The molecule has 1 atom stereocenters. The number of benzene rings is 2. The van der Waals surface area contributed by atoms with Gasteiger partial charge in [0, 0.05) is 24.4 Å². The molecule has 0 saturated heterocycles. The van der Waals surface area contributed by atoms with Gasteiger partial charge in [-0.15, -0.1) is 0 Å². The first-order valence-corrected chi connectivity index (χ1v) is 7.50. The molecule has 25 heavy (non-hydrogen) atoms. The summed E-state index contributed by atoms with van der Waals surface area (Å²) in [5, 5.41) is 7.67. The average molecular weight is 347 g/mol. The Balaban J connectivity index is 1.82. The number of hydrogen-bond donors (Lipinski definition) is 3. The SMILES string of the molecule is CNC(=O)NC1COc2c(C(=O)Nc3ccc(F)c(F)c3)cccc21. The molecule has 3 N–H and O–H groups in total. The van der Waals surface area contributed by atoms with Crippen LogP contribution in [0.1, 0.15) is 22.0 Å². The molecular formula is C17H15F2N3O3. The smallest absolute Gasteiger partial charge is 0.315 e. The van der Waals surface area contributed by atoms with E-state index in [4.69, 9.17) is 4.74 Å². The Hall–Kier alpha value is -3.16. The number of urea groups is 1. The molecule has 1 aliphatic heterocycles. The van der Waals surface area contributed by atoms with Crippen molar-refractivity contribution >= 4 is 17.6 Å². The van der Waals surface area contributed by atoms with E-state index in [1.165, 1.54) is 13.1 Å². The van der Waals surface area contributed by atoms with E-state index in [2.05, 4.69) is 16.0 Å². The molecule has 1 aliphatic rings. The molecule has 0 spiro atoms. The third-order valence-corrected chi connectivity index (χ3v) is 3.77. The van der Waals surface area contributed by atoms with Crippen molar-refractivity contribution in [3.8, 4) is 5.75 Å². The number of para-hydroxylation sites is 1. The van der Waals surface area contributed by atoms with Crippen LogP contribution >= 0.6 is 0 Å². The van der Waals surface area contributed by atoms with Crippen LogP contribution in [-0.2, 0) is 0 Å². The minimum Gasteiger partial charge on any atom is -0.490 e. The van der Waals surface area contributed by atoms with Crippen molar-refractivity contribution in [3.05, 3.63) is 59.2 Å². The lowest BCUT2D eigenvalue weighted by Gasteiger charge is -2.11. The molecule has 0 radical (unpaired) electrons. The van der Waals surface area contributed by atoms with Gasteiger partial charge < -0.3 is 20.7 Å². The van der Waals surface area contributed by atoms with Crippen molar-refractivity contribution in [2.45, 2.75) is 6.04 Å². The zero-order valence-electron chi connectivity index (χ0n) is 13.2. The van der Waals surface area contributed by atoms with Crippen LogP contribution in [0.4, 0.5) is 19.3 Å². The molecule has 1 unspecified atom stereocenters. The normalized spacial score (nSPS) is 15.1. The summed E-state index contributed by atoms with van der Waals surface area (Å²) in [6.45, 7) is 0.193. The van der Waals surface area contributed by atoms with Gasteiger partial charge in [-0.05, 0) is 18.2 Å². The van der Waals surface area contributed by atoms with Gasteiger partial charge in [-0.25, -0.2) is 13.6 Å². The second-order valence-electron chi connectivity index (χ2n) is 5.39. The summed E-state index contributed by atoms with van der Waals surface area (Å²) in [5.41, 5.74) is 1.03. The van der Waals surface area contributed by atoms with Crippen molar-refractivity contribution < 1.29 is 23.1 Å². The molecule has 0 bridgehead atoms. The van der Waals surface area contributed by atoms with Crippen LogP contribution in [0.3, 0.4) is 0 Å². The monoisotopic (exact) mass is 347 g/mol. The molecule has 2 aromatic carbocycles. The van der Waals surface area contributed by atoms with E-state index in [9.17, 15) is 18.4 Å². The van der Waals surface area contributed by atoms with Gasteiger partial charge in [-0.3, -0.25) is 4.79 Å². The van der Waals surface area contributed by atoms with E-state index >= 15 is 0 Å². The number of carbonyl (C=O) groups excluding carboxylic acids is 2. The molecule has 2 aromatic rings. The first-order chi connectivity index (χ1) is 12.0. The molecule has 130 valence electrons. The van der Waals surface area contributed by atoms with Gasteiger partial charge >= 0.3 is 6.03 Å². The Labute approximate surface area is 142 Å². The summed E-state index contributed by atoms with van der Waals surface area (Å²) in [5.74, 6) is -2.22. The van der Waals surface area contributed by atoms with Crippen LogP contribution in [0.2, 0.25) is 0 Å².